The summed E-state index contributed by atoms with van der Waals surface area (Å²) in [5.74, 6) is 0.506. The molecule has 2 amide bonds. The van der Waals surface area contributed by atoms with Gasteiger partial charge in [-0.3, -0.25) is 9.59 Å². The summed E-state index contributed by atoms with van der Waals surface area (Å²) in [7, 11) is 0. The summed E-state index contributed by atoms with van der Waals surface area (Å²) >= 11 is 3.17. The molecule has 3 aromatic rings. The zero-order valence-corrected chi connectivity index (χ0v) is 19.6. The topological polar surface area (TPSA) is 71.1 Å². The quantitative estimate of drug-likeness (QED) is 0.445. The minimum absolute atomic E-state index is 0.00708. The molecule has 0 radical (unpaired) electrons. The Morgan fingerprint density at radius 3 is 2.47 bits per heavy atom. The third-order valence-electron chi connectivity index (χ3n) is 4.80. The molecule has 5 nitrogen and oxygen atoms in total. The molecule has 0 aliphatic rings. The first-order valence-electron chi connectivity index (χ1n) is 9.98. The summed E-state index contributed by atoms with van der Waals surface area (Å²) in [5, 5.41) is 5.96. The molecule has 0 unspecified atom stereocenters. The fraction of sp³-hybridized carbons (Fsp3) is 0.348. The van der Waals surface area contributed by atoms with E-state index in [1.54, 1.807) is 23.1 Å². The number of hydrogen-bond donors (Lipinski definition) is 2. The molecule has 7 heteroatoms. The van der Waals surface area contributed by atoms with Crippen molar-refractivity contribution in [3.05, 3.63) is 47.0 Å². The van der Waals surface area contributed by atoms with Crippen molar-refractivity contribution in [1.29, 1.82) is 0 Å². The van der Waals surface area contributed by atoms with Crippen LogP contribution in [0.2, 0.25) is 0 Å². The molecule has 30 heavy (non-hydrogen) atoms. The fourth-order valence-electron chi connectivity index (χ4n) is 3.19. The lowest BCUT2D eigenvalue weighted by atomic mass is 10.0. The molecule has 0 bridgehead atoms. The van der Waals surface area contributed by atoms with Crippen LogP contribution in [0.3, 0.4) is 0 Å². The van der Waals surface area contributed by atoms with Crippen LogP contribution in [0, 0.1) is 26.7 Å². The number of thioether (sulfide) groups is 1. The van der Waals surface area contributed by atoms with Crippen molar-refractivity contribution < 1.29 is 9.59 Å². The highest BCUT2D eigenvalue weighted by Gasteiger charge is 2.17. The zero-order valence-electron chi connectivity index (χ0n) is 18.0. The Balaban J connectivity index is 1.62. The van der Waals surface area contributed by atoms with E-state index in [1.165, 1.54) is 5.56 Å². The van der Waals surface area contributed by atoms with Gasteiger partial charge in [-0.2, -0.15) is 0 Å². The Morgan fingerprint density at radius 1 is 1.10 bits per heavy atom. The first kappa shape index (κ1) is 22.3. The molecule has 2 aromatic carbocycles. The fourth-order valence-corrected chi connectivity index (χ4v) is 5.34. The van der Waals surface area contributed by atoms with Gasteiger partial charge in [0.1, 0.15) is 0 Å². The van der Waals surface area contributed by atoms with E-state index in [0.717, 1.165) is 37.1 Å². The van der Waals surface area contributed by atoms with Crippen LogP contribution in [0.4, 0.5) is 11.4 Å². The number of carbonyl (C=O) groups is 2. The second kappa shape index (κ2) is 9.62. The number of anilines is 2. The number of carbonyl (C=O) groups excluding carboxylic acids is 2. The Kier molecular flexibility index (Phi) is 7.15. The second-order valence-electron chi connectivity index (χ2n) is 7.54. The van der Waals surface area contributed by atoms with Crippen LogP contribution < -0.4 is 10.6 Å². The summed E-state index contributed by atoms with van der Waals surface area (Å²) in [4.78, 5) is 28.9. The standard InChI is InChI=1S/C23H27N3O2S2/c1-6-20(27)24-17-7-8-18-19(11-17)30-23(25-18)29-12-16(5)22(28)26-21-14(3)9-13(2)10-15(21)4/h7-11,16H,6,12H2,1-5H3,(H,24,27)(H,26,28)/t16-/m0/s1. The summed E-state index contributed by atoms with van der Waals surface area (Å²) < 4.78 is 1.95. The lowest BCUT2D eigenvalue weighted by Crippen LogP contribution is -2.23. The SMILES string of the molecule is CCC(=O)Nc1ccc2nc(SC[C@H](C)C(=O)Nc3c(C)cc(C)cc3C)sc2c1. The van der Waals surface area contributed by atoms with Gasteiger partial charge in [-0.15, -0.1) is 11.3 Å². The molecule has 1 atom stereocenters. The van der Waals surface area contributed by atoms with Gasteiger partial charge in [-0.25, -0.2) is 4.98 Å². The molecule has 1 heterocycles. The first-order chi connectivity index (χ1) is 14.3. The van der Waals surface area contributed by atoms with E-state index in [9.17, 15) is 9.59 Å². The van der Waals surface area contributed by atoms with Gasteiger partial charge in [0.05, 0.1) is 10.2 Å². The second-order valence-corrected chi connectivity index (χ2v) is 9.84. The van der Waals surface area contributed by atoms with Crippen molar-refractivity contribution in [2.45, 2.75) is 45.4 Å². The van der Waals surface area contributed by atoms with E-state index in [-0.39, 0.29) is 17.7 Å². The number of thiazole rings is 1. The predicted octanol–water partition coefficient (Wildman–Crippen LogP) is 5.94. The Hall–Kier alpha value is -2.38. The number of nitrogens with zero attached hydrogens (tertiary/aromatic N) is 1. The Labute approximate surface area is 185 Å². The lowest BCUT2D eigenvalue weighted by Gasteiger charge is -2.16. The van der Waals surface area contributed by atoms with Crippen LogP contribution in [0.25, 0.3) is 10.2 Å². The average molecular weight is 442 g/mol. The summed E-state index contributed by atoms with van der Waals surface area (Å²) in [5.41, 5.74) is 5.95. The first-order valence-corrected chi connectivity index (χ1v) is 11.8. The molecule has 0 spiro atoms. The molecule has 0 aliphatic carbocycles. The van der Waals surface area contributed by atoms with Crippen molar-refractivity contribution in [3.63, 3.8) is 0 Å². The van der Waals surface area contributed by atoms with Crippen molar-refractivity contribution >= 4 is 56.5 Å². The maximum Gasteiger partial charge on any atom is 0.228 e. The molecular formula is C23H27N3O2S2. The number of benzene rings is 2. The van der Waals surface area contributed by atoms with Crippen molar-refractivity contribution in [1.82, 2.24) is 4.98 Å². The van der Waals surface area contributed by atoms with Crippen LogP contribution in [0.1, 0.15) is 37.0 Å². The zero-order chi connectivity index (χ0) is 21.8. The number of fused-ring (bicyclic) bond motifs is 1. The molecule has 0 saturated carbocycles. The minimum atomic E-state index is -0.151. The van der Waals surface area contributed by atoms with Crippen molar-refractivity contribution in [2.75, 3.05) is 16.4 Å². The molecular weight excluding hydrogens is 414 g/mol. The number of hydrogen-bond acceptors (Lipinski definition) is 5. The van der Waals surface area contributed by atoms with E-state index < -0.39 is 0 Å². The average Bonchev–Trinajstić information content (AvgIpc) is 3.10. The van der Waals surface area contributed by atoms with Crippen LogP contribution in [0.15, 0.2) is 34.7 Å². The van der Waals surface area contributed by atoms with Crippen LogP contribution >= 0.6 is 23.1 Å². The molecule has 2 N–H and O–H groups in total. The van der Waals surface area contributed by atoms with Gasteiger partial charge in [-0.05, 0) is 50.1 Å². The highest BCUT2D eigenvalue weighted by atomic mass is 32.2. The molecule has 3 rings (SSSR count). The van der Waals surface area contributed by atoms with Crippen LogP contribution in [-0.4, -0.2) is 22.6 Å². The van der Waals surface area contributed by atoms with Gasteiger partial charge in [-0.1, -0.05) is 43.3 Å². The van der Waals surface area contributed by atoms with E-state index >= 15 is 0 Å². The third-order valence-corrected chi connectivity index (χ3v) is 7.22. The van der Waals surface area contributed by atoms with E-state index in [1.807, 2.05) is 45.9 Å². The van der Waals surface area contributed by atoms with E-state index in [4.69, 9.17) is 0 Å². The van der Waals surface area contributed by atoms with Crippen molar-refractivity contribution in [3.8, 4) is 0 Å². The smallest absolute Gasteiger partial charge is 0.228 e. The molecule has 0 aliphatic heterocycles. The maximum absolute atomic E-state index is 12.7. The highest BCUT2D eigenvalue weighted by Crippen LogP contribution is 2.32. The number of rotatable bonds is 7. The Bertz CT molecular complexity index is 1070. The van der Waals surface area contributed by atoms with Gasteiger partial charge in [0, 0.05) is 29.5 Å². The maximum atomic E-state index is 12.7. The van der Waals surface area contributed by atoms with Gasteiger partial charge < -0.3 is 10.6 Å². The highest BCUT2D eigenvalue weighted by molar-refractivity contribution is 8.01. The largest absolute Gasteiger partial charge is 0.326 e. The number of aryl methyl sites for hydroxylation is 3. The number of nitrogens with one attached hydrogen (secondary N) is 2. The summed E-state index contributed by atoms with van der Waals surface area (Å²) in [6, 6.07) is 9.90. The molecule has 158 valence electrons. The summed E-state index contributed by atoms with van der Waals surface area (Å²) in [6.07, 6.45) is 0.448. The molecule has 1 aromatic heterocycles. The lowest BCUT2D eigenvalue weighted by molar-refractivity contribution is -0.119. The van der Waals surface area contributed by atoms with Gasteiger partial charge in [0.25, 0.3) is 0 Å². The predicted molar refractivity (Wildman–Crippen MR) is 128 cm³/mol. The van der Waals surface area contributed by atoms with Crippen LogP contribution in [-0.2, 0) is 9.59 Å². The van der Waals surface area contributed by atoms with Crippen LogP contribution in [0.5, 0.6) is 0 Å². The number of aromatic nitrogens is 1. The van der Waals surface area contributed by atoms with E-state index in [0.29, 0.717) is 12.2 Å². The molecule has 0 fully saturated rings. The molecule has 0 saturated heterocycles. The summed E-state index contributed by atoms with van der Waals surface area (Å²) in [6.45, 7) is 9.87. The normalized spacial score (nSPS) is 12.0. The van der Waals surface area contributed by atoms with E-state index in [2.05, 4.69) is 34.7 Å². The van der Waals surface area contributed by atoms with Gasteiger partial charge in [0.2, 0.25) is 11.8 Å². The number of amides is 2. The Morgan fingerprint density at radius 2 is 1.80 bits per heavy atom. The minimum Gasteiger partial charge on any atom is -0.326 e. The van der Waals surface area contributed by atoms with Crippen molar-refractivity contribution in [2.24, 2.45) is 5.92 Å². The monoisotopic (exact) mass is 441 g/mol. The van der Waals surface area contributed by atoms with Gasteiger partial charge in [0.15, 0.2) is 4.34 Å². The third kappa shape index (κ3) is 5.40. The van der Waals surface area contributed by atoms with Gasteiger partial charge >= 0.3 is 0 Å².